The van der Waals surface area contributed by atoms with Crippen molar-refractivity contribution in [3.05, 3.63) is 65.7 Å². The average Bonchev–Trinajstić information content (AvgIpc) is 3.15. The van der Waals surface area contributed by atoms with E-state index in [2.05, 4.69) is 54.2 Å². The normalized spacial score (nSPS) is 27.8. The molecule has 2 aromatic carbocycles. The number of rotatable bonds is 7. The van der Waals surface area contributed by atoms with Crippen molar-refractivity contribution in [2.24, 2.45) is 0 Å². The van der Waals surface area contributed by atoms with E-state index in [0.717, 1.165) is 62.7 Å². The topological polar surface area (TPSA) is 56.3 Å². The largest absolute Gasteiger partial charge is 0.497 e. The minimum atomic E-state index is -0.771. The number of benzene rings is 2. The molecule has 200 valence electrons. The summed E-state index contributed by atoms with van der Waals surface area (Å²) in [5.74, 6) is 0.822. The van der Waals surface area contributed by atoms with Gasteiger partial charge in [0.15, 0.2) is 0 Å². The molecule has 6 heteroatoms. The third-order valence-corrected chi connectivity index (χ3v) is 9.50. The van der Waals surface area contributed by atoms with Crippen LogP contribution >= 0.6 is 0 Å². The molecule has 2 saturated carbocycles. The predicted molar refractivity (Wildman–Crippen MR) is 147 cm³/mol. The van der Waals surface area contributed by atoms with Gasteiger partial charge in [-0.15, -0.1) is 0 Å². The second kappa shape index (κ2) is 10.3. The van der Waals surface area contributed by atoms with Gasteiger partial charge in [0.25, 0.3) is 0 Å². The van der Waals surface area contributed by atoms with Gasteiger partial charge in [-0.2, -0.15) is 0 Å². The Balaban J connectivity index is 1.42. The molecule has 0 aromatic heterocycles. The number of ether oxygens (including phenoxy) is 1. The molecule has 0 unspecified atom stereocenters. The smallest absolute Gasteiger partial charge is 0.321 e. The van der Waals surface area contributed by atoms with E-state index in [1.54, 1.807) is 7.11 Å². The molecule has 0 bridgehead atoms. The van der Waals surface area contributed by atoms with Crippen molar-refractivity contribution in [3.8, 4) is 5.75 Å². The number of methoxy groups -OCH3 is 1. The Hall–Kier alpha value is -2.57. The number of urea groups is 1. The Morgan fingerprint density at radius 1 is 0.892 bits per heavy atom. The fourth-order valence-corrected chi connectivity index (χ4v) is 7.15. The first-order valence-electron chi connectivity index (χ1n) is 13.9. The Bertz CT molecular complexity index is 1050. The first kappa shape index (κ1) is 26.1. The van der Waals surface area contributed by atoms with Gasteiger partial charge in [-0.3, -0.25) is 4.90 Å². The standard InChI is InChI=1S/C31H43N3O3/c1-32(2)31(26-10-6-4-7-11-26)20-18-29(19-21-31)23-33(22-25-12-14-27(37-3)15-13-25)28(35)34(29)24-30(36)16-8-5-9-17-30/h4,6-7,10-15,36H,5,8-9,16-24H2,1-3H3/t29-,31-. The van der Waals surface area contributed by atoms with Crippen LogP contribution in [0.5, 0.6) is 5.75 Å². The summed E-state index contributed by atoms with van der Waals surface area (Å²) < 4.78 is 5.32. The zero-order valence-corrected chi connectivity index (χ0v) is 22.8. The lowest BCUT2D eigenvalue weighted by Gasteiger charge is -2.52. The van der Waals surface area contributed by atoms with Crippen LogP contribution in [0.2, 0.25) is 0 Å². The summed E-state index contributed by atoms with van der Waals surface area (Å²) in [7, 11) is 6.04. The summed E-state index contributed by atoms with van der Waals surface area (Å²) in [6.45, 7) is 1.74. The van der Waals surface area contributed by atoms with Gasteiger partial charge in [-0.25, -0.2) is 4.79 Å². The lowest BCUT2D eigenvalue weighted by atomic mass is 9.68. The molecule has 2 aliphatic carbocycles. The number of hydrogen-bond donors (Lipinski definition) is 1. The van der Waals surface area contributed by atoms with Crippen LogP contribution in [0.25, 0.3) is 0 Å². The van der Waals surface area contributed by atoms with Gasteiger partial charge < -0.3 is 19.6 Å². The van der Waals surface area contributed by atoms with E-state index < -0.39 is 5.60 Å². The summed E-state index contributed by atoms with van der Waals surface area (Å²) in [5, 5.41) is 11.5. The minimum absolute atomic E-state index is 0.0353. The first-order valence-corrected chi connectivity index (χ1v) is 13.9. The molecule has 3 fully saturated rings. The monoisotopic (exact) mass is 505 g/mol. The van der Waals surface area contributed by atoms with E-state index in [-0.39, 0.29) is 17.1 Å². The molecule has 3 aliphatic rings. The molecule has 5 rings (SSSR count). The number of carbonyl (C=O) groups is 1. The number of nitrogens with zero attached hydrogens (tertiary/aromatic N) is 3. The minimum Gasteiger partial charge on any atom is -0.497 e. The molecule has 6 nitrogen and oxygen atoms in total. The van der Waals surface area contributed by atoms with Crippen LogP contribution in [0.3, 0.4) is 0 Å². The zero-order valence-electron chi connectivity index (χ0n) is 22.8. The van der Waals surface area contributed by atoms with Gasteiger partial charge in [-0.05, 0) is 75.9 Å². The molecule has 37 heavy (non-hydrogen) atoms. The van der Waals surface area contributed by atoms with Crippen LogP contribution in [0.1, 0.15) is 68.9 Å². The van der Waals surface area contributed by atoms with Gasteiger partial charge in [0, 0.05) is 18.6 Å². The number of β-amino-alcohol motifs (C(OH)–C–C–N with tert-alkyl or cyclic N) is 1. The second-order valence-electron chi connectivity index (χ2n) is 11.9. The van der Waals surface area contributed by atoms with Crippen LogP contribution in [-0.4, -0.2) is 71.3 Å². The maximum atomic E-state index is 14.0. The van der Waals surface area contributed by atoms with Crippen molar-refractivity contribution in [2.75, 3.05) is 34.3 Å². The van der Waals surface area contributed by atoms with Gasteiger partial charge in [0.2, 0.25) is 0 Å². The van der Waals surface area contributed by atoms with Crippen LogP contribution in [0, 0.1) is 0 Å². The summed E-state index contributed by atoms with van der Waals surface area (Å²) in [6, 6.07) is 18.9. The molecular weight excluding hydrogens is 462 g/mol. The highest BCUT2D eigenvalue weighted by Crippen LogP contribution is 2.50. The van der Waals surface area contributed by atoms with Gasteiger partial charge in [-0.1, -0.05) is 61.7 Å². The van der Waals surface area contributed by atoms with E-state index in [0.29, 0.717) is 19.6 Å². The molecule has 2 amide bonds. The van der Waals surface area contributed by atoms with Crippen LogP contribution < -0.4 is 4.74 Å². The third kappa shape index (κ3) is 4.98. The average molecular weight is 506 g/mol. The molecule has 1 saturated heterocycles. The van der Waals surface area contributed by atoms with Crippen molar-refractivity contribution >= 4 is 6.03 Å². The van der Waals surface area contributed by atoms with Crippen molar-refractivity contribution < 1.29 is 14.6 Å². The van der Waals surface area contributed by atoms with Crippen LogP contribution in [0.4, 0.5) is 4.79 Å². The predicted octanol–water partition coefficient (Wildman–Crippen LogP) is 5.40. The van der Waals surface area contributed by atoms with Crippen molar-refractivity contribution in [3.63, 3.8) is 0 Å². The maximum absolute atomic E-state index is 14.0. The number of hydrogen-bond acceptors (Lipinski definition) is 4. The van der Waals surface area contributed by atoms with E-state index >= 15 is 0 Å². The van der Waals surface area contributed by atoms with Crippen molar-refractivity contribution in [1.29, 1.82) is 0 Å². The molecule has 0 atom stereocenters. The molecule has 1 spiro atoms. The van der Waals surface area contributed by atoms with Crippen LogP contribution in [0.15, 0.2) is 54.6 Å². The molecule has 1 N–H and O–H groups in total. The number of aliphatic hydroxyl groups is 1. The molecule has 1 heterocycles. The fraction of sp³-hybridized carbons (Fsp3) is 0.581. The summed E-state index contributed by atoms with van der Waals surface area (Å²) >= 11 is 0. The summed E-state index contributed by atoms with van der Waals surface area (Å²) in [4.78, 5) is 20.5. The molecule has 0 radical (unpaired) electrons. The van der Waals surface area contributed by atoms with E-state index in [1.165, 1.54) is 12.0 Å². The highest BCUT2D eigenvalue weighted by atomic mass is 16.5. The first-order chi connectivity index (χ1) is 17.8. The quantitative estimate of drug-likeness (QED) is 0.548. The third-order valence-electron chi connectivity index (χ3n) is 9.50. The summed E-state index contributed by atoms with van der Waals surface area (Å²) in [5.41, 5.74) is 1.40. The molecule has 1 aliphatic heterocycles. The highest BCUT2D eigenvalue weighted by Gasteiger charge is 2.55. The van der Waals surface area contributed by atoms with Crippen molar-refractivity contribution in [2.45, 2.75) is 81.0 Å². The lowest BCUT2D eigenvalue weighted by Crippen LogP contribution is -2.58. The molecular formula is C31H43N3O3. The van der Waals surface area contributed by atoms with Gasteiger partial charge >= 0.3 is 6.03 Å². The van der Waals surface area contributed by atoms with Gasteiger partial charge in [0.05, 0.1) is 24.8 Å². The number of amides is 2. The van der Waals surface area contributed by atoms with Crippen molar-refractivity contribution in [1.82, 2.24) is 14.7 Å². The summed E-state index contributed by atoms with van der Waals surface area (Å²) in [6.07, 6.45) is 8.67. The SMILES string of the molecule is COc1ccc(CN2C[C@]3(CC[C@@](c4ccccc4)(N(C)C)CC3)N(CC3(O)CCCCC3)C2=O)cc1. The Labute approximate surface area is 222 Å². The van der Waals surface area contributed by atoms with E-state index in [9.17, 15) is 9.90 Å². The fourth-order valence-electron chi connectivity index (χ4n) is 7.15. The lowest BCUT2D eigenvalue weighted by molar-refractivity contribution is -0.0475. The van der Waals surface area contributed by atoms with Gasteiger partial charge in [0.1, 0.15) is 5.75 Å². The molecule has 2 aromatic rings. The highest BCUT2D eigenvalue weighted by molar-refractivity contribution is 5.78. The number of carbonyl (C=O) groups excluding carboxylic acids is 1. The second-order valence-corrected chi connectivity index (χ2v) is 11.9. The van der Waals surface area contributed by atoms with Crippen LogP contribution in [-0.2, 0) is 12.1 Å². The van der Waals surface area contributed by atoms with E-state index in [1.807, 2.05) is 29.2 Å². The zero-order chi connectivity index (χ0) is 26.1. The maximum Gasteiger partial charge on any atom is 0.321 e. The Kier molecular flexibility index (Phi) is 7.25. The Morgan fingerprint density at radius 2 is 1.54 bits per heavy atom. The van der Waals surface area contributed by atoms with E-state index in [4.69, 9.17) is 4.74 Å². The Morgan fingerprint density at radius 3 is 2.14 bits per heavy atom.